The molecule has 8 nitrogen and oxygen atoms in total. The number of nitrogens with one attached hydrogen (secondary N) is 2. The van der Waals surface area contributed by atoms with Gasteiger partial charge >= 0.3 is 0 Å². The Bertz CT molecular complexity index is 581. The number of hydrogen-bond acceptors (Lipinski definition) is 6. The fourth-order valence-corrected chi connectivity index (χ4v) is 1.40. The van der Waals surface area contributed by atoms with E-state index in [0.717, 1.165) is 5.69 Å². The largest absolute Gasteiger partial charge is 0.437 e. The van der Waals surface area contributed by atoms with Gasteiger partial charge in [-0.1, -0.05) is 0 Å². The molecule has 1 aromatic carbocycles. The summed E-state index contributed by atoms with van der Waals surface area (Å²) in [7, 11) is 0. The zero-order chi connectivity index (χ0) is 13.1. The van der Waals surface area contributed by atoms with Gasteiger partial charge in [0.15, 0.2) is 0 Å². The minimum atomic E-state index is -0.524. The Hall–Kier alpha value is -2.61. The molecule has 0 unspecified atom stereocenters. The Morgan fingerprint density at radius 2 is 2.22 bits per heavy atom. The SMILES string of the molecule is Cc1cc(Oc2cc(NN)cc([N+](=O)[O-])c2)n[nH]1. The average molecular weight is 249 g/mol. The quantitative estimate of drug-likeness (QED) is 0.431. The number of nitrogens with two attached hydrogens (primary N) is 1. The lowest BCUT2D eigenvalue weighted by Gasteiger charge is -2.05. The van der Waals surface area contributed by atoms with Gasteiger partial charge in [0.25, 0.3) is 5.69 Å². The van der Waals surface area contributed by atoms with Crippen LogP contribution in [0, 0.1) is 17.0 Å². The number of aromatic amines is 1. The highest BCUT2D eigenvalue weighted by atomic mass is 16.6. The van der Waals surface area contributed by atoms with E-state index in [0.29, 0.717) is 11.6 Å². The van der Waals surface area contributed by atoms with E-state index in [-0.39, 0.29) is 11.4 Å². The summed E-state index contributed by atoms with van der Waals surface area (Å²) in [6.07, 6.45) is 0. The molecular formula is C10H11N5O3. The van der Waals surface area contributed by atoms with Gasteiger partial charge in [-0.25, -0.2) is 0 Å². The molecule has 0 aliphatic carbocycles. The molecule has 4 N–H and O–H groups in total. The van der Waals surface area contributed by atoms with E-state index in [9.17, 15) is 10.1 Å². The zero-order valence-corrected chi connectivity index (χ0v) is 9.51. The topological polar surface area (TPSA) is 119 Å². The lowest BCUT2D eigenvalue weighted by atomic mass is 10.2. The summed E-state index contributed by atoms with van der Waals surface area (Å²) < 4.78 is 5.39. The molecule has 0 amide bonds. The lowest BCUT2D eigenvalue weighted by molar-refractivity contribution is -0.384. The maximum absolute atomic E-state index is 10.7. The van der Waals surface area contributed by atoms with Crippen molar-refractivity contribution in [1.82, 2.24) is 10.2 Å². The van der Waals surface area contributed by atoms with Crippen LogP contribution in [0.15, 0.2) is 24.3 Å². The van der Waals surface area contributed by atoms with E-state index >= 15 is 0 Å². The van der Waals surface area contributed by atoms with E-state index in [2.05, 4.69) is 15.6 Å². The van der Waals surface area contributed by atoms with Crippen molar-refractivity contribution in [2.45, 2.75) is 6.92 Å². The molecule has 94 valence electrons. The molecule has 0 atom stereocenters. The number of hydrazine groups is 1. The highest BCUT2D eigenvalue weighted by Crippen LogP contribution is 2.28. The fourth-order valence-electron chi connectivity index (χ4n) is 1.40. The molecule has 0 fully saturated rings. The van der Waals surface area contributed by atoms with Gasteiger partial charge in [0.2, 0.25) is 5.88 Å². The first-order valence-electron chi connectivity index (χ1n) is 5.04. The first kappa shape index (κ1) is 11.9. The third-order valence-corrected chi connectivity index (χ3v) is 2.17. The summed E-state index contributed by atoms with van der Waals surface area (Å²) in [5, 5.41) is 17.3. The van der Waals surface area contributed by atoms with Crippen molar-refractivity contribution in [1.29, 1.82) is 0 Å². The third-order valence-electron chi connectivity index (χ3n) is 2.17. The predicted molar refractivity (Wildman–Crippen MR) is 64.3 cm³/mol. The second-order valence-electron chi connectivity index (χ2n) is 3.61. The zero-order valence-electron chi connectivity index (χ0n) is 9.51. The Morgan fingerprint density at radius 3 is 2.78 bits per heavy atom. The summed E-state index contributed by atoms with van der Waals surface area (Å²) in [6, 6.07) is 5.82. The van der Waals surface area contributed by atoms with E-state index < -0.39 is 4.92 Å². The van der Waals surface area contributed by atoms with Crippen LogP contribution >= 0.6 is 0 Å². The molecule has 1 aromatic heterocycles. The molecule has 0 aliphatic rings. The summed E-state index contributed by atoms with van der Waals surface area (Å²) in [5.41, 5.74) is 3.43. The second-order valence-corrected chi connectivity index (χ2v) is 3.61. The van der Waals surface area contributed by atoms with Crippen LogP contribution in [0.1, 0.15) is 5.69 Å². The van der Waals surface area contributed by atoms with E-state index in [1.54, 1.807) is 6.07 Å². The van der Waals surface area contributed by atoms with E-state index in [1.165, 1.54) is 18.2 Å². The van der Waals surface area contributed by atoms with Gasteiger partial charge in [0.05, 0.1) is 16.7 Å². The van der Waals surface area contributed by atoms with Gasteiger partial charge < -0.3 is 10.2 Å². The van der Waals surface area contributed by atoms with Gasteiger partial charge in [-0.2, -0.15) is 0 Å². The highest BCUT2D eigenvalue weighted by molar-refractivity contribution is 5.56. The van der Waals surface area contributed by atoms with Crippen LogP contribution in [-0.2, 0) is 0 Å². The Kier molecular flexibility index (Phi) is 3.11. The highest BCUT2D eigenvalue weighted by Gasteiger charge is 2.11. The molecule has 0 spiro atoms. The molecule has 0 aliphatic heterocycles. The number of benzene rings is 1. The number of rotatable bonds is 4. The number of nitro benzene ring substituents is 1. The number of H-pyrrole nitrogens is 1. The summed E-state index contributed by atoms with van der Waals surface area (Å²) in [4.78, 5) is 10.2. The van der Waals surface area contributed by atoms with Crippen molar-refractivity contribution in [3.05, 3.63) is 40.1 Å². The molecule has 0 saturated carbocycles. The van der Waals surface area contributed by atoms with Gasteiger partial charge in [-0.3, -0.25) is 21.1 Å². The van der Waals surface area contributed by atoms with Crippen molar-refractivity contribution in [3.63, 3.8) is 0 Å². The van der Waals surface area contributed by atoms with Crippen molar-refractivity contribution < 1.29 is 9.66 Å². The molecule has 0 saturated heterocycles. The number of non-ortho nitro benzene ring substituents is 1. The first-order valence-corrected chi connectivity index (χ1v) is 5.04. The number of nitrogens with zero attached hydrogens (tertiary/aromatic N) is 2. The van der Waals surface area contributed by atoms with Crippen LogP contribution in [0.5, 0.6) is 11.6 Å². The number of anilines is 1. The normalized spacial score (nSPS) is 10.1. The lowest BCUT2D eigenvalue weighted by Crippen LogP contribution is -2.07. The minimum absolute atomic E-state index is 0.118. The van der Waals surface area contributed by atoms with Gasteiger partial charge in [-0.15, -0.1) is 5.10 Å². The van der Waals surface area contributed by atoms with Crippen molar-refractivity contribution in [2.75, 3.05) is 5.43 Å². The Labute approximate surface area is 102 Å². The molecule has 18 heavy (non-hydrogen) atoms. The minimum Gasteiger partial charge on any atom is -0.437 e. The van der Waals surface area contributed by atoms with Crippen LogP contribution in [-0.4, -0.2) is 15.1 Å². The van der Waals surface area contributed by atoms with Crippen molar-refractivity contribution >= 4 is 11.4 Å². The number of ether oxygens (including phenoxy) is 1. The van der Waals surface area contributed by atoms with E-state index in [4.69, 9.17) is 10.6 Å². The van der Waals surface area contributed by atoms with Gasteiger partial charge in [0, 0.05) is 23.9 Å². The van der Waals surface area contributed by atoms with Crippen molar-refractivity contribution in [3.8, 4) is 11.6 Å². The predicted octanol–water partition coefficient (Wildman–Crippen LogP) is 1.70. The van der Waals surface area contributed by atoms with Crippen LogP contribution in [0.2, 0.25) is 0 Å². The number of aromatic nitrogens is 2. The number of nitro groups is 1. The standard InChI is InChI=1S/C10H11N5O3/c1-6-2-10(14-13-6)18-9-4-7(12-11)3-8(5-9)15(16)17/h2-5,12H,11H2,1H3,(H,13,14). The Morgan fingerprint density at radius 1 is 1.44 bits per heavy atom. The monoisotopic (exact) mass is 249 g/mol. The maximum atomic E-state index is 10.7. The summed E-state index contributed by atoms with van der Waals surface area (Å²) in [6.45, 7) is 1.82. The molecular weight excluding hydrogens is 238 g/mol. The summed E-state index contributed by atoms with van der Waals surface area (Å²) >= 11 is 0. The molecule has 8 heteroatoms. The number of nitrogen functional groups attached to an aromatic ring is 1. The van der Waals surface area contributed by atoms with Gasteiger partial charge in [-0.05, 0) is 6.92 Å². The van der Waals surface area contributed by atoms with Crippen LogP contribution < -0.4 is 16.0 Å². The second kappa shape index (κ2) is 4.72. The van der Waals surface area contributed by atoms with Crippen LogP contribution in [0.3, 0.4) is 0 Å². The van der Waals surface area contributed by atoms with Crippen LogP contribution in [0.4, 0.5) is 11.4 Å². The summed E-state index contributed by atoms with van der Waals surface area (Å²) in [5.74, 6) is 5.85. The molecule has 1 heterocycles. The first-order chi connectivity index (χ1) is 8.58. The maximum Gasteiger partial charge on any atom is 0.275 e. The Balaban J connectivity index is 2.32. The smallest absolute Gasteiger partial charge is 0.275 e. The number of hydrogen-bond donors (Lipinski definition) is 3. The molecule has 0 bridgehead atoms. The number of aryl methyl sites for hydroxylation is 1. The van der Waals surface area contributed by atoms with E-state index in [1.807, 2.05) is 6.92 Å². The molecule has 2 aromatic rings. The average Bonchev–Trinajstić information content (AvgIpc) is 2.74. The van der Waals surface area contributed by atoms with Gasteiger partial charge in [0.1, 0.15) is 5.75 Å². The fraction of sp³-hybridized carbons (Fsp3) is 0.100. The molecule has 0 radical (unpaired) electrons. The third kappa shape index (κ3) is 2.55. The molecule has 2 rings (SSSR count). The van der Waals surface area contributed by atoms with Crippen LogP contribution in [0.25, 0.3) is 0 Å². The van der Waals surface area contributed by atoms with Crippen molar-refractivity contribution in [2.24, 2.45) is 5.84 Å².